The Hall–Kier alpha value is -2.32. The second kappa shape index (κ2) is 25.6. The number of hydrogen-bond donors (Lipinski definition) is 5. The number of nitrogens with zero attached hydrogens (tertiary/aromatic N) is 3. The molecule has 6 N–H and O–H groups in total. The van der Waals surface area contributed by atoms with E-state index in [1.165, 1.54) is 0 Å². The highest BCUT2D eigenvalue weighted by Gasteiger charge is 2.14. The number of amides is 4. The molecule has 0 aliphatic rings. The van der Waals surface area contributed by atoms with Crippen LogP contribution in [0, 0.1) is 5.21 Å². The molecule has 0 unspecified atom stereocenters. The molecule has 0 heterocycles. The molecule has 0 spiro atoms. The van der Waals surface area contributed by atoms with Crippen LogP contribution in [-0.4, -0.2) is 95.0 Å². The summed E-state index contributed by atoms with van der Waals surface area (Å²) in [6.07, 6.45) is 8.29. The van der Waals surface area contributed by atoms with Gasteiger partial charge in [-0.2, -0.15) is 0 Å². The highest BCUT2D eigenvalue weighted by Crippen LogP contribution is 2.03. The highest BCUT2D eigenvalue weighted by molar-refractivity contribution is 5.83. The quantitative estimate of drug-likeness (QED) is 0.0586. The summed E-state index contributed by atoms with van der Waals surface area (Å²) in [7, 11) is 0. The van der Waals surface area contributed by atoms with Gasteiger partial charge in [0.2, 0.25) is 23.6 Å². The molecule has 13 heteroatoms. The van der Waals surface area contributed by atoms with Crippen LogP contribution in [0.3, 0.4) is 0 Å². The van der Waals surface area contributed by atoms with Crippen LogP contribution in [0.5, 0.6) is 0 Å². The summed E-state index contributed by atoms with van der Waals surface area (Å²) in [6, 6.07) is 0. The lowest BCUT2D eigenvalue weighted by Crippen LogP contribution is -2.31. The summed E-state index contributed by atoms with van der Waals surface area (Å²) in [6.45, 7) is 4.95. The molecular weight excluding hydrogens is 520 g/mol. The Morgan fingerprint density at radius 1 is 0.625 bits per heavy atom. The minimum atomic E-state index is -0.520. The van der Waals surface area contributed by atoms with Crippen molar-refractivity contribution in [2.75, 3.05) is 45.8 Å². The van der Waals surface area contributed by atoms with Gasteiger partial charge in [0.05, 0.1) is 0 Å². The van der Waals surface area contributed by atoms with E-state index in [0.29, 0.717) is 68.5 Å². The average molecular weight is 574 g/mol. The van der Waals surface area contributed by atoms with E-state index in [9.17, 15) is 34.8 Å². The van der Waals surface area contributed by atoms with E-state index < -0.39 is 11.8 Å². The van der Waals surface area contributed by atoms with E-state index in [-0.39, 0.29) is 50.6 Å². The molecule has 0 bridgehead atoms. The molecular formula is C27H53N6O7-. The molecule has 4 amide bonds. The zero-order valence-corrected chi connectivity index (χ0v) is 24.4. The predicted molar refractivity (Wildman–Crippen MR) is 152 cm³/mol. The van der Waals surface area contributed by atoms with Gasteiger partial charge in [0.25, 0.3) is 0 Å². The van der Waals surface area contributed by atoms with Gasteiger partial charge in [-0.25, -0.2) is 10.1 Å². The Bertz CT molecular complexity index is 698. The number of carbonyl (C=O) groups excluding carboxylic acids is 4. The van der Waals surface area contributed by atoms with Crippen LogP contribution in [0.25, 0.3) is 0 Å². The van der Waals surface area contributed by atoms with Crippen LogP contribution in [0.15, 0.2) is 0 Å². The molecule has 0 aromatic carbocycles. The predicted octanol–water partition coefficient (Wildman–Crippen LogP) is 2.28. The van der Waals surface area contributed by atoms with E-state index in [4.69, 9.17) is 5.73 Å². The summed E-state index contributed by atoms with van der Waals surface area (Å²) in [5.41, 5.74) is 5.40. The molecule has 234 valence electrons. The first kappa shape index (κ1) is 37.7. The van der Waals surface area contributed by atoms with Crippen LogP contribution >= 0.6 is 0 Å². The van der Waals surface area contributed by atoms with Crippen LogP contribution in [0.4, 0.5) is 0 Å². The normalized spacial score (nSPS) is 10.9. The third-order valence-electron chi connectivity index (χ3n) is 6.32. The Morgan fingerprint density at radius 3 is 1.50 bits per heavy atom. The Balaban J connectivity index is 3.73. The SMILES string of the molecule is CCCCN([O-])CCCCCNC(=O)CCC(=O)N(O)CCCCCNC(=O)CCC(=O)N(O)CCCCCN. The van der Waals surface area contributed by atoms with Crippen LogP contribution in [-0.2, 0) is 19.2 Å². The van der Waals surface area contributed by atoms with E-state index >= 15 is 0 Å². The van der Waals surface area contributed by atoms with Crippen LogP contribution < -0.4 is 16.4 Å². The topological polar surface area (TPSA) is 192 Å². The summed E-state index contributed by atoms with van der Waals surface area (Å²) < 4.78 is 0. The van der Waals surface area contributed by atoms with Gasteiger partial charge in [0.15, 0.2) is 0 Å². The van der Waals surface area contributed by atoms with Crippen molar-refractivity contribution in [2.24, 2.45) is 5.73 Å². The minimum absolute atomic E-state index is 0.00187. The number of hydroxylamine groups is 6. The molecule has 0 aliphatic heterocycles. The van der Waals surface area contributed by atoms with Crippen molar-refractivity contribution in [1.82, 2.24) is 25.8 Å². The number of rotatable bonds is 26. The summed E-state index contributed by atoms with van der Waals surface area (Å²) in [5.74, 6) is -1.54. The number of carbonyl (C=O) groups is 4. The summed E-state index contributed by atoms with van der Waals surface area (Å²) >= 11 is 0. The monoisotopic (exact) mass is 573 g/mol. The molecule has 0 rings (SSSR count). The second-order valence-electron chi connectivity index (χ2n) is 9.99. The summed E-state index contributed by atoms with van der Waals surface area (Å²) in [4.78, 5) is 47.6. The molecule has 0 aromatic rings. The van der Waals surface area contributed by atoms with E-state index in [1.807, 2.05) is 6.92 Å². The first-order chi connectivity index (χ1) is 19.2. The fourth-order valence-electron chi connectivity index (χ4n) is 3.76. The molecule has 0 fully saturated rings. The Morgan fingerprint density at radius 2 is 1.05 bits per heavy atom. The largest absolute Gasteiger partial charge is 0.785 e. The first-order valence-corrected chi connectivity index (χ1v) is 14.8. The van der Waals surface area contributed by atoms with Gasteiger partial charge in [0, 0.05) is 51.9 Å². The molecule has 13 nitrogen and oxygen atoms in total. The molecule has 0 saturated carbocycles. The molecule has 0 radical (unpaired) electrons. The van der Waals surface area contributed by atoms with Gasteiger partial charge in [-0.15, -0.1) is 0 Å². The van der Waals surface area contributed by atoms with Gasteiger partial charge >= 0.3 is 0 Å². The molecule has 0 aliphatic carbocycles. The average Bonchev–Trinajstić information content (AvgIpc) is 2.94. The zero-order valence-electron chi connectivity index (χ0n) is 24.4. The zero-order chi connectivity index (χ0) is 30.0. The molecule has 40 heavy (non-hydrogen) atoms. The molecule has 0 aromatic heterocycles. The van der Waals surface area contributed by atoms with Crippen molar-refractivity contribution >= 4 is 23.6 Å². The van der Waals surface area contributed by atoms with Crippen molar-refractivity contribution in [3.05, 3.63) is 5.21 Å². The maximum absolute atomic E-state index is 12.0. The van der Waals surface area contributed by atoms with Crippen molar-refractivity contribution in [3.63, 3.8) is 0 Å². The molecule has 0 atom stereocenters. The van der Waals surface area contributed by atoms with Crippen molar-refractivity contribution < 1.29 is 29.6 Å². The third-order valence-corrected chi connectivity index (χ3v) is 6.32. The Labute approximate surface area is 239 Å². The standard InChI is InChI=1S/C27H53N6O7/c1-2-3-20-31(38)21-10-5-8-18-29-24(34)14-16-27(37)33(40)23-12-6-9-19-30-25(35)13-15-26(36)32(39)22-11-4-7-17-28/h39-40H,2-23,28H2,1H3,(H,29,34)(H,30,35)/q-1. The summed E-state index contributed by atoms with van der Waals surface area (Å²) in [5, 5.41) is 38.9. The van der Waals surface area contributed by atoms with Gasteiger partial charge in [0.1, 0.15) is 0 Å². The maximum atomic E-state index is 12.0. The number of hydrogen-bond acceptors (Lipinski definition) is 9. The van der Waals surface area contributed by atoms with Gasteiger partial charge in [-0.1, -0.05) is 26.2 Å². The minimum Gasteiger partial charge on any atom is -0.785 e. The number of nitrogens with two attached hydrogens (primary N) is 1. The van der Waals surface area contributed by atoms with Crippen LogP contribution in [0.1, 0.15) is 103 Å². The lowest BCUT2D eigenvalue weighted by Gasteiger charge is -2.27. The van der Waals surface area contributed by atoms with E-state index in [1.54, 1.807) is 0 Å². The van der Waals surface area contributed by atoms with Crippen molar-refractivity contribution in [2.45, 2.75) is 103 Å². The van der Waals surface area contributed by atoms with Crippen molar-refractivity contribution in [3.8, 4) is 0 Å². The smallest absolute Gasteiger partial charge is 0.246 e. The number of nitrogens with one attached hydrogen (secondary N) is 2. The number of unbranched alkanes of at least 4 members (excludes halogenated alkanes) is 7. The second-order valence-corrected chi connectivity index (χ2v) is 9.99. The highest BCUT2D eigenvalue weighted by atomic mass is 16.5. The lowest BCUT2D eigenvalue weighted by molar-refractivity contribution is -0.166. The third kappa shape index (κ3) is 22.5. The fraction of sp³-hybridized carbons (Fsp3) is 0.852. The van der Waals surface area contributed by atoms with Gasteiger partial charge < -0.3 is 26.6 Å². The van der Waals surface area contributed by atoms with Crippen molar-refractivity contribution in [1.29, 1.82) is 0 Å². The van der Waals surface area contributed by atoms with Crippen LogP contribution in [0.2, 0.25) is 0 Å². The van der Waals surface area contributed by atoms with E-state index in [2.05, 4.69) is 10.6 Å². The lowest BCUT2D eigenvalue weighted by atomic mass is 10.2. The molecule has 0 saturated heterocycles. The fourth-order valence-corrected chi connectivity index (χ4v) is 3.76. The maximum Gasteiger partial charge on any atom is 0.246 e. The van der Waals surface area contributed by atoms with Gasteiger partial charge in [-0.3, -0.25) is 29.6 Å². The van der Waals surface area contributed by atoms with E-state index in [0.717, 1.165) is 50.0 Å². The first-order valence-electron chi connectivity index (χ1n) is 14.8. The Kier molecular flexibility index (Phi) is 24.1. The van der Waals surface area contributed by atoms with Gasteiger partial charge in [-0.05, 0) is 71.0 Å².